The molecule has 72 valence electrons. The lowest BCUT2D eigenvalue weighted by Crippen LogP contribution is -1.88. The number of hydrogen-bond acceptors (Lipinski definition) is 2. The second-order valence-electron chi connectivity index (χ2n) is 2.86. The highest BCUT2D eigenvalue weighted by atomic mass is 35.5. The molecule has 0 N–H and O–H groups in total. The van der Waals surface area contributed by atoms with Crippen molar-refractivity contribution in [2.45, 2.75) is 6.92 Å². The van der Waals surface area contributed by atoms with Crippen LogP contribution >= 0.6 is 34.8 Å². The van der Waals surface area contributed by atoms with Crippen molar-refractivity contribution in [2.24, 2.45) is 0 Å². The molecule has 1 aromatic heterocycles. The van der Waals surface area contributed by atoms with Crippen LogP contribution in [0.2, 0.25) is 15.2 Å². The van der Waals surface area contributed by atoms with Crippen LogP contribution in [0.5, 0.6) is 0 Å². The number of nitrogens with zero attached hydrogens (tertiary/aromatic N) is 2. The Balaban J connectivity index is 2.98. The Labute approximate surface area is 95.8 Å². The molecule has 0 saturated carbocycles. The smallest absolute Gasteiger partial charge is 0.140 e. The van der Waals surface area contributed by atoms with Gasteiger partial charge in [0.1, 0.15) is 11.5 Å². The summed E-state index contributed by atoms with van der Waals surface area (Å²) in [5.74, 6) is 0. The Morgan fingerprint density at radius 2 is 1.86 bits per heavy atom. The topological polar surface area (TPSA) is 25.8 Å². The monoisotopic (exact) mass is 246 g/mol. The molecular weight excluding hydrogens is 242 g/mol. The molecule has 0 spiro atoms. The van der Waals surface area contributed by atoms with Crippen LogP contribution < -0.4 is 0 Å². The average molecular weight is 248 g/mol. The summed E-state index contributed by atoms with van der Waals surface area (Å²) in [6.07, 6.45) is 1.38. The third-order valence-electron chi connectivity index (χ3n) is 2.00. The molecule has 0 unspecified atom stereocenters. The fourth-order valence-corrected chi connectivity index (χ4v) is 1.89. The minimum absolute atomic E-state index is 0.360. The predicted octanol–water partition coefficient (Wildman–Crippen LogP) is 3.90. The Kier molecular flexibility index (Phi) is 2.52. The van der Waals surface area contributed by atoms with Crippen molar-refractivity contribution in [2.75, 3.05) is 0 Å². The Morgan fingerprint density at radius 1 is 1.14 bits per heavy atom. The number of halogens is 3. The van der Waals surface area contributed by atoms with Gasteiger partial charge in [0.2, 0.25) is 0 Å². The van der Waals surface area contributed by atoms with Crippen LogP contribution in [0.3, 0.4) is 0 Å². The van der Waals surface area contributed by atoms with Crippen LogP contribution in [0.15, 0.2) is 12.4 Å². The van der Waals surface area contributed by atoms with Crippen LogP contribution in [0.4, 0.5) is 0 Å². The van der Waals surface area contributed by atoms with E-state index in [4.69, 9.17) is 34.8 Å². The summed E-state index contributed by atoms with van der Waals surface area (Å²) in [5, 5.41) is 2.13. The van der Waals surface area contributed by atoms with Gasteiger partial charge in [0, 0.05) is 10.4 Å². The summed E-state index contributed by atoms with van der Waals surface area (Å²) >= 11 is 17.9. The zero-order valence-corrected chi connectivity index (χ0v) is 9.45. The van der Waals surface area contributed by atoms with E-state index in [1.165, 1.54) is 6.33 Å². The lowest BCUT2D eigenvalue weighted by Gasteiger charge is -2.05. The van der Waals surface area contributed by atoms with Gasteiger partial charge in [-0.1, -0.05) is 34.8 Å². The minimum atomic E-state index is 0.360. The van der Waals surface area contributed by atoms with Gasteiger partial charge in [-0.15, -0.1) is 0 Å². The second kappa shape index (κ2) is 3.54. The normalized spacial score (nSPS) is 10.9. The van der Waals surface area contributed by atoms with E-state index in [0.717, 1.165) is 5.56 Å². The second-order valence-corrected chi connectivity index (χ2v) is 4.00. The molecule has 0 aliphatic heterocycles. The van der Waals surface area contributed by atoms with Crippen molar-refractivity contribution in [3.8, 4) is 0 Å². The molecule has 0 radical (unpaired) electrons. The molecule has 0 bridgehead atoms. The first-order valence-corrected chi connectivity index (χ1v) is 4.99. The van der Waals surface area contributed by atoms with E-state index in [1.54, 1.807) is 6.07 Å². The molecule has 2 nitrogen and oxygen atoms in total. The van der Waals surface area contributed by atoms with Crippen molar-refractivity contribution in [3.63, 3.8) is 0 Å². The first-order chi connectivity index (χ1) is 6.61. The van der Waals surface area contributed by atoms with E-state index >= 15 is 0 Å². The summed E-state index contributed by atoms with van der Waals surface area (Å²) in [6, 6.07) is 1.72. The van der Waals surface area contributed by atoms with Gasteiger partial charge in [-0.05, 0) is 18.6 Å². The van der Waals surface area contributed by atoms with Crippen LogP contribution in [0, 0.1) is 6.92 Å². The van der Waals surface area contributed by atoms with Crippen molar-refractivity contribution < 1.29 is 0 Å². The fraction of sp³-hybridized carbons (Fsp3) is 0.111. The quantitative estimate of drug-likeness (QED) is 0.660. The molecule has 0 amide bonds. The van der Waals surface area contributed by atoms with E-state index < -0.39 is 0 Å². The van der Waals surface area contributed by atoms with Crippen LogP contribution in [0.1, 0.15) is 5.56 Å². The zero-order valence-electron chi connectivity index (χ0n) is 7.18. The average Bonchev–Trinajstić information content (AvgIpc) is 2.17. The fourth-order valence-electron chi connectivity index (χ4n) is 1.19. The zero-order chi connectivity index (χ0) is 10.3. The van der Waals surface area contributed by atoms with Gasteiger partial charge in [-0.3, -0.25) is 0 Å². The van der Waals surface area contributed by atoms with Crippen molar-refractivity contribution >= 4 is 45.7 Å². The third-order valence-corrected chi connectivity index (χ3v) is 3.16. The van der Waals surface area contributed by atoms with Crippen molar-refractivity contribution in [1.82, 2.24) is 9.97 Å². The highest BCUT2D eigenvalue weighted by Gasteiger charge is 2.10. The lowest BCUT2D eigenvalue weighted by molar-refractivity contribution is 1.22. The first kappa shape index (κ1) is 9.97. The lowest BCUT2D eigenvalue weighted by atomic mass is 10.2. The van der Waals surface area contributed by atoms with Gasteiger partial charge >= 0.3 is 0 Å². The number of aromatic nitrogens is 2. The Hall–Kier alpha value is -0.570. The number of rotatable bonds is 0. The highest BCUT2D eigenvalue weighted by Crippen LogP contribution is 2.33. The van der Waals surface area contributed by atoms with Gasteiger partial charge in [0.05, 0.1) is 10.5 Å². The Morgan fingerprint density at radius 3 is 2.57 bits per heavy atom. The first-order valence-electron chi connectivity index (χ1n) is 3.86. The van der Waals surface area contributed by atoms with Gasteiger partial charge in [-0.25, -0.2) is 9.97 Å². The summed E-state index contributed by atoms with van der Waals surface area (Å²) < 4.78 is 0. The number of fused-ring (bicyclic) bond motifs is 1. The number of hydrogen-bond donors (Lipinski definition) is 0. The largest absolute Gasteiger partial charge is 0.235 e. The van der Waals surface area contributed by atoms with E-state index in [0.29, 0.717) is 26.1 Å². The number of benzene rings is 1. The maximum atomic E-state index is 6.07. The molecule has 0 saturated heterocycles. The SMILES string of the molecule is Cc1c(Cl)cc2c(Cl)ncnc2c1Cl. The predicted molar refractivity (Wildman–Crippen MR) is 59.3 cm³/mol. The van der Waals surface area contributed by atoms with Crippen LogP contribution in [-0.2, 0) is 0 Å². The molecule has 0 aliphatic carbocycles. The van der Waals surface area contributed by atoms with Crippen molar-refractivity contribution in [3.05, 3.63) is 33.2 Å². The van der Waals surface area contributed by atoms with E-state index in [-0.39, 0.29) is 0 Å². The summed E-state index contributed by atoms with van der Waals surface area (Å²) in [4.78, 5) is 7.91. The standard InChI is InChI=1S/C9H5Cl3N2/c1-4-6(10)2-5-8(7(4)11)13-3-14-9(5)12/h2-3H,1H3. The molecule has 0 aliphatic rings. The van der Waals surface area contributed by atoms with Gasteiger partial charge in [0.15, 0.2) is 0 Å². The minimum Gasteiger partial charge on any atom is -0.235 e. The molecule has 5 heteroatoms. The maximum Gasteiger partial charge on any atom is 0.140 e. The Bertz CT molecular complexity index is 511. The van der Waals surface area contributed by atoms with Crippen molar-refractivity contribution in [1.29, 1.82) is 0 Å². The summed E-state index contributed by atoms with van der Waals surface area (Å²) in [5.41, 5.74) is 1.43. The van der Waals surface area contributed by atoms with E-state index in [1.807, 2.05) is 6.92 Å². The molecule has 1 aromatic carbocycles. The third kappa shape index (κ3) is 1.44. The van der Waals surface area contributed by atoms with E-state index in [2.05, 4.69) is 9.97 Å². The molecular formula is C9H5Cl3N2. The molecule has 14 heavy (non-hydrogen) atoms. The van der Waals surface area contributed by atoms with Crippen LogP contribution in [-0.4, -0.2) is 9.97 Å². The molecule has 2 aromatic rings. The molecule has 1 heterocycles. The maximum absolute atomic E-state index is 6.07. The van der Waals surface area contributed by atoms with Crippen LogP contribution in [0.25, 0.3) is 10.9 Å². The van der Waals surface area contributed by atoms with E-state index in [9.17, 15) is 0 Å². The highest BCUT2D eigenvalue weighted by molar-refractivity contribution is 6.41. The van der Waals surface area contributed by atoms with Gasteiger partial charge in [-0.2, -0.15) is 0 Å². The summed E-state index contributed by atoms with van der Waals surface area (Å²) in [7, 11) is 0. The molecule has 0 atom stereocenters. The van der Waals surface area contributed by atoms with Gasteiger partial charge < -0.3 is 0 Å². The molecule has 2 rings (SSSR count). The van der Waals surface area contributed by atoms with Gasteiger partial charge in [0.25, 0.3) is 0 Å². The summed E-state index contributed by atoms with van der Waals surface area (Å²) in [6.45, 7) is 1.83. The molecule has 0 fully saturated rings.